The molecular weight excluding hydrogens is 343 g/mol. The average Bonchev–Trinajstić information content (AvgIpc) is 3.28. The van der Waals surface area contributed by atoms with Crippen molar-refractivity contribution < 1.29 is 19.1 Å². The molecule has 25 heavy (non-hydrogen) atoms. The summed E-state index contributed by atoms with van der Waals surface area (Å²) in [4.78, 5) is 27.7. The second-order valence-electron chi connectivity index (χ2n) is 6.35. The van der Waals surface area contributed by atoms with Gasteiger partial charge in [0, 0.05) is 11.8 Å². The summed E-state index contributed by atoms with van der Waals surface area (Å²) in [7, 11) is 0. The quantitative estimate of drug-likeness (QED) is 0.757. The molecule has 1 amide bonds. The number of nitrogens with zero attached hydrogens (tertiary/aromatic N) is 1. The molecule has 2 N–H and O–H groups in total. The number of carbonyl (C=O) groups excluding carboxylic acids is 1. The Hall–Kier alpha value is -2.28. The molecule has 132 valence electrons. The average molecular weight is 362 g/mol. The summed E-state index contributed by atoms with van der Waals surface area (Å²) in [6, 6.07) is 5.40. The van der Waals surface area contributed by atoms with Crippen LogP contribution in [-0.4, -0.2) is 28.0 Å². The highest BCUT2D eigenvalue weighted by molar-refractivity contribution is 7.09. The van der Waals surface area contributed by atoms with Crippen LogP contribution >= 0.6 is 11.3 Å². The predicted molar refractivity (Wildman–Crippen MR) is 91.9 cm³/mol. The third-order valence-corrected chi connectivity index (χ3v) is 5.01. The Morgan fingerprint density at radius 3 is 2.68 bits per heavy atom. The second-order valence-corrected chi connectivity index (χ2v) is 7.29. The van der Waals surface area contributed by atoms with Crippen LogP contribution < -0.4 is 5.32 Å². The van der Waals surface area contributed by atoms with E-state index < -0.39 is 12.0 Å². The van der Waals surface area contributed by atoms with Gasteiger partial charge in [-0.15, -0.1) is 11.3 Å². The molecule has 1 atom stereocenters. The Balaban J connectivity index is 1.53. The van der Waals surface area contributed by atoms with Gasteiger partial charge in [-0.1, -0.05) is 25.0 Å². The Kier molecular flexibility index (Phi) is 5.43. The molecule has 1 saturated carbocycles. The maximum Gasteiger partial charge on any atom is 0.326 e. The number of hydrogen-bond donors (Lipinski definition) is 2. The number of amides is 1. The molecule has 1 fully saturated rings. The number of nitrogens with one attached hydrogen (secondary N) is 1. The molecule has 0 radical (unpaired) electrons. The van der Waals surface area contributed by atoms with E-state index in [1.807, 2.05) is 0 Å². The van der Waals surface area contributed by atoms with Crippen LogP contribution in [-0.2, 0) is 22.4 Å². The normalized spacial score (nSPS) is 14.9. The molecule has 1 unspecified atom stereocenters. The number of rotatable bonds is 8. The highest BCUT2D eigenvalue weighted by atomic mass is 32.1. The predicted octanol–water partition coefficient (Wildman–Crippen LogP) is 2.79. The van der Waals surface area contributed by atoms with Crippen LogP contribution in [0.2, 0.25) is 0 Å². The minimum atomic E-state index is -0.990. The van der Waals surface area contributed by atoms with E-state index in [2.05, 4.69) is 10.3 Å². The van der Waals surface area contributed by atoms with Crippen LogP contribution in [0, 0.1) is 11.7 Å². The van der Waals surface area contributed by atoms with Crippen LogP contribution in [0.25, 0.3) is 0 Å². The lowest BCUT2D eigenvalue weighted by Gasteiger charge is -2.13. The fraction of sp³-hybridized carbons (Fsp3) is 0.389. The van der Waals surface area contributed by atoms with Crippen molar-refractivity contribution in [1.29, 1.82) is 0 Å². The fourth-order valence-corrected chi connectivity index (χ4v) is 3.43. The first kappa shape index (κ1) is 17.5. The van der Waals surface area contributed by atoms with E-state index in [1.54, 1.807) is 17.5 Å². The van der Waals surface area contributed by atoms with Crippen molar-refractivity contribution >= 4 is 23.2 Å². The molecule has 0 bridgehead atoms. The number of aliphatic carboxylic acids is 1. The van der Waals surface area contributed by atoms with E-state index in [1.165, 1.54) is 23.5 Å². The van der Waals surface area contributed by atoms with Gasteiger partial charge in [0.15, 0.2) is 0 Å². The zero-order chi connectivity index (χ0) is 17.8. The summed E-state index contributed by atoms with van der Waals surface area (Å²) in [5.41, 5.74) is 1.57. The number of carboxylic acids is 1. The lowest BCUT2D eigenvalue weighted by Crippen LogP contribution is -2.41. The molecular formula is C18H19FN2O3S. The Morgan fingerprint density at radius 1 is 1.32 bits per heavy atom. The van der Waals surface area contributed by atoms with Crippen molar-refractivity contribution in [1.82, 2.24) is 10.3 Å². The molecule has 7 heteroatoms. The van der Waals surface area contributed by atoms with Crippen molar-refractivity contribution in [3.63, 3.8) is 0 Å². The van der Waals surface area contributed by atoms with Gasteiger partial charge in [0.1, 0.15) is 11.9 Å². The first-order chi connectivity index (χ1) is 12.0. The summed E-state index contributed by atoms with van der Waals surface area (Å²) < 4.78 is 12.9. The molecule has 5 nitrogen and oxygen atoms in total. The van der Waals surface area contributed by atoms with Crippen molar-refractivity contribution in [3.8, 4) is 0 Å². The van der Waals surface area contributed by atoms with Crippen molar-refractivity contribution in [2.24, 2.45) is 5.92 Å². The second kappa shape index (κ2) is 7.74. The largest absolute Gasteiger partial charge is 0.480 e. The fourth-order valence-electron chi connectivity index (χ4n) is 2.61. The molecule has 0 spiro atoms. The van der Waals surface area contributed by atoms with E-state index in [4.69, 9.17) is 0 Å². The molecule has 2 aromatic rings. The standard InChI is InChI=1S/C18H19FN2O3S/c19-13-5-3-12(4-6-13)8-17-20-14(10-25-17)9-16(22)21-15(18(23)24)7-11-1-2-11/h3-6,10-11,15H,1-2,7-9H2,(H,21,22)(H,23,24). The third kappa shape index (κ3) is 5.35. The van der Waals surface area contributed by atoms with Gasteiger partial charge in [-0.3, -0.25) is 4.79 Å². The number of carbonyl (C=O) groups is 2. The zero-order valence-electron chi connectivity index (χ0n) is 13.6. The molecule has 0 aliphatic heterocycles. The zero-order valence-corrected chi connectivity index (χ0v) is 14.4. The van der Waals surface area contributed by atoms with Gasteiger partial charge < -0.3 is 10.4 Å². The van der Waals surface area contributed by atoms with Gasteiger partial charge in [0.25, 0.3) is 0 Å². The SMILES string of the molecule is O=C(Cc1csc(Cc2ccc(F)cc2)n1)NC(CC1CC1)C(=O)O. The molecule has 1 aromatic heterocycles. The van der Waals surface area contributed by atoms with Crippen LogP contribution in [0.3, 0.4) is 0 Å². The highest BCUT2D eigenvalue weighted by Gasteiger charge is 2.30. The maximum atomic E-state index is 12.9. The van der Waals surface area contributed by atoms with Crippen molar-refractivity contribution in [2.75, 3.05) is 0 Å². The first-order valence-electron chi connectivity index (χ1n) is 8.19. The number of carboxylic acid groups (broad SMARTS) is 1. The number of benzene rings is 1. The van der Waals surface area contributed by atoms with Gasteiger partial charge in [0.05, 0.1) is 17.1 Å². The van der Waals surface area contributed by atoms with Gasteiger partial charge >= 0.3 is 5.97 Å². The van der Waals surface area contributed by atoms with Gasteiger partial charge in [-0.05, 0) is 30.0 Å². The van der Waals surface area contributed by atoms with Crippen LogP contribution in [0.15, 0.2) is 29.6 Å². The van der Waals surface area contributed by atoms with Crippen LogP contribution in [0.1, 0.15) is 35.5 Å². The van der Waals surface area contributed by atoms with E-state index in [9.17, 15) is 19.1 Å². The van der Waals surface area contributed by atoms with E-state index in [0.717, 1.165) is 23.4 Å². The number of hydrogen-bond acceptors (Lipinski definition) is 4. The summed E-state index contributed by atoms with van der Waals surface area (Å²) in [6.45, 7) is 0. The Labute approximate surface area is 148 Å². The van der Waals surface area contributed by atoms with Crippen molar-refractivity contribution in [3.05, 3.63) is 51.7 Å². The molecule has 1 heterocycles. The Bertz CT molecular complexity index is 756. The summed E-state index contributed by atoms with van der Waals surface area (Å²) >= 11 is 1.44. The summed E-state index contributed by atoms with van der Waals surface area (Å²) in [5, 5.41) is 14.4. The maximum absolute atomic E-state index is 12.9. The lowest BCUT2D eigenvalue weighted by molar-refractivity contribution is -0.142. The third-order valence-electron chi connectivity index (χ3n) is 4.11. The monoisotopic (exact) mass is 362 g/mol. The van der Waals surface area contributed by atoms with Gasteiger partial charge in [0.2, 0.25) is 5.91 Å². The van der Waals surface area contributed by atoms with Gasteiger partial charge in [-0.25, -0.2) is 14.2 Å². The smallest absolute Gasteiger partial charge is 0.326 e. The topological polar surface area (TPSA) is 79.3 Å². The lowest BCUT2D eigenvalue weighted by atomic mass is 10.1. The molecule has 1 aliphatic rings. The van der Waals surface area contributed by atoms with Crippen molar-refractivity contribution in [2.45, 2.75) is 38.1 Å². The van der Waals surface area contributed by atoms with E-state index >= 15 is 0 Å². The minimum Gasteiger partial charge on any atom is -0.480 e. The molecule has 1 aliphatic carbocycles. The number of aromatic nitrogens is 1. The van der Waals surface area contributed by atoms with Crippen LogP contribution in [0.4, 0.5) is 4.39 Å². The number of thiazole rings is 1. The number of halogens is 1. The van der Waals surface area contributed by atoms with Gasteiger partial charge in [-0.2, -0.15) is 0 Å². The Morgan fingerprint density at radius 2 is 2.04 bits per heavy atom. The summed E-state index contributed by atoms with van der Waals surface area (Å²) in [5.74, 6) is -1.18. The molecule has 0 saturated heterocycles. The minimum absolute atomic E-state index is 0.0639. The molecule has 1 aromatic carbocycles. The van der Waals surface area contributed by atoms with E-state index in [0.29, 0.717) is 24.5 Å². The molecule has 3 rings (SSSR count). The summed E-state index contributed by atoms with van der Waals surface area (Å²) in [6.07, 6.45) is 3.21. The highest BCUT2D eigenvalue weighted by Crippen LogP contribution is 2.33. The van der Waals surface area contributed by atoms with E-state index in [-0.39, 0.29) is 18.1 Å². The first-order valence-corrected chi connectivity index (χ1v) is 9.07. The van der Waals surface area contributed by atoms with Crippen LogP contribution in [0.5, 0.6) is 0 Å².